The van der Waals surface area contributed by atoms with Gasteiger partial charge in [0.25, 0.3) is 0 Å². The summed E-state index contributed by atoms with van der Waals surface area (Å²) in [7, 11) is 0. The number of ether oxygens (including phenoxy) is 1. The second kappa shape index (κ2) is 5.68. The van der Waals surface area contributed by atoms with Gasteiger partial charge < -0.3 is 9.84 Å². The molecule has 0 spiro atoms. The third-order valence-electron chi connectivity index (χ3n) is 2.04. The second-order valence-corrected chi connectivity index (χ2v) is 3.63. The number of esters is 1. The van der Waals surface area contributed by atoms with E-state index in [4.69, 9.17) is 16.3 Å². The summed E-state index contributed by atoms with van der Waals surface area (Å²) in [5.74, 6) is -0.701. The molecule has 0 saturated carbocycles. The van der Waals surface area contributed by atoms with E-state index in [0.717, 1.165) is 0 Å². The van der Waals surface area contributed by atoms with Gasteiger partial charge >= 0.3 is 5.97 Å². The predicted molar refractivity (Wildman–Crippen MR) is 63.1 cm³/mol. The lowest BCUT2D eigenvalue weighted by Gasteiger charge is -2.12. The number of aliphatic hydroxyl groups is 1. The Kier molecular flexibility index (Phi) is 4.52. The Labute approximate surface area is 99.3 Å². The Morgan fingerprint density at radius 1 is 1.62 bits per heavy atom. The van der Waals surface area contributed by atoms with Crippen molar-refractivity contribution < 1.29 is 14.6 Å². The molecule has 1 aromatic carbocycles. The Balaban J connectivity index is 2.82. The Morgan fingerprint density at radius 3 is 2.88 bits per heavy atom. The first-order chi connectivity index (χ1) is 7.56. The van der Waals surface area contributed by atoms with Crippen molar-refractivity contribution in [1.29, 1.82) is 0 Å². The summed E-state index contributed by atoms with van der Waals surface area (Å²) in [5, 5.41) is 10.2. The van der Waals surface area contributed by atoms with Gasteiger partial charge in [-0.05, 0) is 30.2 Å². The summed E-state index contributed by atoms with van der Waals surface area (Å²) in [4.78, 5) is 11.3. The summed E-state index contributed by atoms with van der Waals surface area (Å²) in [6, 6.07) is 6.78. The van der Waals surface area contributed by atoms with Crippen LogP contribution in [0.3, 0.4) is 0 Å². The number of benzene rings is 1. The Morgan fingerprint density at radius 2 is 2.31 bits per heavy atom. The van der Waals surface area contributed by atoms with E-state index < -0.39 is 12.1 Å². The lowest BCUT2D eigenvalue weighted by Crippen LogP contribution is -2.24. The summed E-state index contributed by atoms with van der Waals surface area (Å²) in [5.41, 5.74) is 0.897. The minimum absolute atomic E-state index is 0.221. The van der Waals surface area contributed by atoms with Gasteiger partial charge in [0.2, 0.25) is 0 Å². The molecular formula is C12H13ClO3. The number of aliphatic hydroxyl groups excluding tert-OH is 1. The smallest absolute Gasteiger partial charge is 0.339 e. The highest BCUT2D eigenvalue weighted by molar-refractivity contribution is 6.30. The molecule has 16 heavy (non-hydrogen) atoms. The van der Waals surface area contributed by atoms with Crippen LogP contribution in [0.4, 0.5) is 0 Å². The molecule has 1 aromatic rings. The minimum atomic E-state index is -1.35. The van der Waals surface area contributed by atoms with Crippen molar-refractivity contribution in [3.63, 3.8) is 0 Å². The van der Waals surface area contributed by atoms with Crippen LogP contribution in [0.25, 0.3) is 5.57 Å². The molecule has 0 aromatic heterocycles. The maximum Gasteiger partial charge on any atom is 0.339 e. The van der Waals surface area contributed by atoms with Gasteiger partial charge in [-0.2, -0.15) is 0 Å². The number of carbonyl (C=O) groups is 1. The first-order valence-corrected chi connectivity index (χ1v) is 5.23. The van der Waals surface area contributed by atoms with Crippen molar-refractivity contribution in [2.75, 3.05) is 6.61 Å². The average Bonchev–Trinajstić information content (AvgIpc) is 2.27. The molecule has 0 fully saturated rings. The molecule has 86 valence electrons. The molecule has 0 bridgehead atoms. The SMILES string of the molecule is C=C(c1cccc(Cl)c1)C(O)C(=O)OCC. The zero-order valence-electron chi connectivity index (χ0n) is 8.94. The van der Waals surface area contributed by atoms with Crippen LogP contribution in [0.2, 0.25) is 5.02 Å². The van der Waals surface area contributed by atoms with Gasteiger partial charge in [-0.3, -0.25) is 0 Å². The summed E-state index contributed by atoms with van der Waals surface area (Å²) in [6.45, 7) is 5.55. The van der Waals surface area contributed by atoms with Gasteiger partial charge in [0.1, 0.15) is 0 Å². The molecule has 1 unspecified atom stereocenters. The van der Waals surface area contributed by atoms with Crippen molar-refractivity contribution in [3.05, 3.63) is 41.4 Å². The minimum Gasteiger partial charge on any atom is -0.464 e. The number of hydrogen-bond donors (Lipinski definition) is 1. The van der Waals surface area contributed by atoms with E-state index >= 15 is 0 Å². The van der Waals surface area contributed by atoms with Crippen molar-refractivity contribution in [1.82, 2.24) is 0 Å². The third-order valence-corrected chi connectivity index (χ3v) is 2.27. The predicted octanol–water partition coefficient (Wildman–Crippen LogP) is 2.28. The average molecular weight is 241 g/mol. The standard InChI is InChI=1S/C12H13ClO3/c1-3-16-12(15)11(14)8(2)9-5-4-6-10(13)7-9/h4-7,11,14H,2-3H2,1H3. The molecule has 1 atom stereocenters. The van der Waals surface area contributed by atoms with Crippen molar-refractivity contribution in [2.45, 2.75) is 13.0 Å². The molecule has 1 rings (SSSR count). The van der Waals surface area contributed by atoms with E-state index in [0.29, 0.717) is 10.6 Å². The quantitative estimate of drug-likeness (QED) is 0.822. The number of hydrogen-bond acceptors (Lipinski definition) is 3. The topological polar surface area (TPSA) is 46.5 Å². The van der Waals surface area contributed by atoms with E-state index in [1.165, 1.54) is 0 Å². The van der Waals surface area contributed by atoms with Crippen LogP contribution in [0.15, 0.2) is 30.8 Å². The molecule has 0 aliphatic rings. The molecule has 0 radical (unpaired) electrons. The molecule has 1 N–H and O–H groups in total. The fraction of sp³-hybridized carbons (Fsp3) is 0.250. The highest BCUT2D eigenvalue weighted by Crippen LogP contribution is 2.20. The molecule has 3 nitrogen and oxygen atoms in total. The van der Waals surface area contributed by atoms with E-state index in [-0.39, 0.29) is 12.2 Å². The van der Waals surface area contributed by atoms with Gasteiger partial charge in [0.15, 0.2) is 6.10 Å². The number of carbonyl (C=O) groups excluding carboxylic acids is 1. The third kappa shape index (κ3) is 3.08. The van der Waals surface area contributed by atoms with Crippen molar-refractivity contribution >= 4 is 23.1 Å². The van der Waals surface area contributed by atoms with E-state index in [1.54, 1.807) is 31.2 Å². The lowest BCUT2D eigenvalue weighted by atomic mass is 10.0. The highest BCUT2D eigenvalue weighted by atomic mass is 35.5. The first-order valence-electron chi connectivity index (χ1n) is 4.85. The second-order valence-electron chi connectivity index (χ2n) is 3.19. The summed E-state index contributed by atoms with van der Waals surface area (Å²) >= 11 is 5.80. The van der Waals surface area contributed by atoms with Gasteiger partial charge in [-0.1, -0.05) is 30.3 Å². The van der Waals surface area contributed by atoms with E-state index in [1.807, 2.05) is 0 Å². The molecule has 0 saturated heterocycles. The van der Waals surface area contributed by atoms with Gasteiger partial charge in [0, 0.05) is 5.02 Å². The molecule has 0 heterocycles. The van der Waals surface area contributed by atoms with Crippen LogP contribution in [-0.4, -0.2) is 23.8 Å². The molecule has 0 aliphatic carbocycles. The zero-order valence-corrected chi connectivity index (χ0v) is 9.70. The fourth-order valence-electron chi connectivity index (χ4n) is 1.21. The fourth-order valence-corrected chi connectivity index (χ4v) is 1.40. The number of halogens is 1. The van der Waals surface area contributed by atoms with Crippen LogP contribution >= 0.6 is 11.6 Å². The lowest BCUT2D eigenvalue weighted by molar-refractivity contribution is -0.149. The van der Waals surface area contributed by atoms with E-state index in [9.17, 15) is 9.90 Å². The normalized spacial score (nSPS) is 11.9. The monoisotopic (exact) mass is 240 g/mol. The molecule has 0 amide bonds. The van der Waals surface area contributed by atoms with Crippen LogP contribution in [0.5, 0.6) is 0 Å². The summed E-state index contributed by atoms with van der Waals surface area (Å²) < 4.78 is 4.69. The van der Waals surface area contributed by atoms with Crippen LogP contribution < -0.4 is 0 Å². The Bertz CT molecular complexity index is 401. The van der Waals surface area contributed by atoms with Crippen LogP contribution in [-0.2, 0) is 9.53 Å². The van der Waals surface area contributed by atoms with Crippen molar-refractivity contribution in [2.24, 2.45) is 0 Å². The van der Waals surface area contributed by atoms with Crippen LogP contribution in [0.1, 0.15) is 12.5 Å². The number of rotatable bonds is 4. The summed E-state index contributed by atoms with van der Waals surface area (Å²) in [6.07, 6.45) is -1.35. The highest BCUT2D eigenvalue weighted by Gasteiger charge is 2.20. The molecule has 4 heteroatoms. The maximum atomic E-state index is 11.3. The molecular weight excluding hydrogens is 228 g/mol. The maximum absolute atomic E-state index is 11.3. The largest absolute Gasteiger partial charge is 0.464 e. The van der Waals surface area contributed by atoms with E-state index in [2.05, 4.69) is 6.58 Å². The van der Waals surface area contributed by atoms with Crippen molar-refractivity contribution in [3.8, 4) is 0 Å². The van der Waals surface area contributed by atoms with Gasteiger partial charge in [-0.15, -0.1) is 0 Å². The van der Waals surface area contributed by atoms with Gasteiger partial charge in [0.05, 0.1) is 6.61 Å². The first kappa shape index (κ1) is 12.7. The van der Waals surface area contributed by atoms with Gasteiger partial charge in [-0.25, -0.2) is 4.79 Å². The zero-order chi connectivity index (χ0) is 12.1. The Hall–Kier alpha value is -1.32. The molecule has 0 aliphatic heterocycles. The van der Waals surface area contributed by atoms with Crippen LogP contribution in [0, 0.1) is 0 Å².